The molecule has 0 radical (unpaired) electrons. The van der Waals surface area contributed by atoms with E-state index in [4.69, 9.17) is 14.0 Å². The van der Waals surface area contributed by atoms with Crippen molar-refractivity contribution in [3.63, 3.8) is 0 Å². The largest absolute Gasteiger partial charge is 0.495 e. The molecule has 2 aromatic rings. The first-order valence-electron chi connectivity index (χ1n) is 8.80. The van der Waals surface area contributed by atoms with Gasteiger partial charge in [-0.05, 0) is 32.0 Å². The lowest BCUT2D eigenvalue weighted by Gasteiger charge is -2.26. The fourth-order valence-electron chi connectivity index (χ4n) is 2.99. The van der Waals surface area contributed by atoms with Crippen molar-refractivity contribution in [3.8, 4) is 5.75 Å². The molecule has 28 heavy (non-hydrogen) atoms. The number of ether oxygens (including phenoxy) is 2. The summed E-state index contributed by atoms with van der Waals surface area (Å²) in [5, 5.41) is 6.56. The van der Waals surface area contributed by atoms with Crippen LogP contribution in [0.1, 0.15) is 17.0 Å². The van der Waals surface area contributed by atoms with Crippen LogP contribution in [-0.4, -0.2) is 57.2 Å². The molecule has 1 aliphatic heterocycles. The van der Waals surface area contributed by atoms with Crippen LogP contribution in [0.4, 0.5) is 5.69 Å². The van der Waals surface area contributed by atoms with Gasteiger partial charge in [0.05, 0.1) is 43.0 Å². The first-order chi connectivity index (χ1) is 13.3. The lowest BCUT2D eigenvalue weighted by molar-refractivity contribution is -0.115. The summed E-state index contributed by atoms with van der Waals surface area (Å²) in [5.74, 6) is 0.616. The normalized spacial score (nSPS) is 15.4. The van der Waals surface area contributed by atoms with Crippen LogP contribution in [0.2, 0.25) is 0 Å². The van der Waals surface area contributed by atoms with Crippen molar-refractivity contribution >= 4 is 21.6 Å². The minimum Gasteiger partial charge on any atom is -0.495 e. The average molecular weight is 409 g/mol. The van der Waals surface area contributed by atoms with E-state index in [2.05, 4.69) is 10.5 Å². The van der Waals surface area contributed by atoms with Gasteiger partial charge in [-0.1, -0.05) is 5.16 Å². The molecule has 1 amide bonds. The molecule has 152 valence electrons. The van der Waals surface area contributed by atoms with Crippen molar-refractivity contribution in [2.75, 3.05) is 38.7 Å². The summed E-state index contributed by atoms with van der Waals surface area (Å²) in [6, 6.07) is 4.40. The first kappa shape index (κ1) is 20.3. The molecule has 1 fully saturated rings. The summed E-state index contributed by atoms with van der Waals surface area (Å²) in [6.07, 6.45) is 0.0603. The van der Waals surface area contributed by atoms with E-state index in [9.17, 15) is 13.2 Å². The van der Waals surface area contributed by atoms with Crippen molar-refractivity contribution in [3.05, 3.63) is 35.2 Å². The Morgan fingerprint density at radius 2 is 2.00 bits per heavy atom. The molecule has 0 spiro atoms. The van der Waals surface area contributed by atoms with Gasteiger partial charge in [0.15, 0.2) is 0 Å². The number of aryl methyl sites for hydroxylation is 2. The number of benzene rings is 1. The minimum atomic E-state index is -3.69. The predicted octanol–water partition coefficient (Wildman–Crippen LogP) is 1.50. The van der Waals surface area contributed by atoms with Crippen LogP contribution in [0, 0.1) is 13.8 Å². The molecule has 1 saturated heterocycles. The number of hydrogen-bond acceptors (Lipinski definition) is 7. The quantitative estimate of drug-likeness (QED) is 0.770. The fourth-order valence-corrected chi connectivity index (χ4v) is 4.43. The van der Waals surface area contributed by atoms with Crippen molar-refractivity contribution in [2.45, 2.75) is 25.2 Å². The molecule has 0 aliphatic carbocycles. The second-order valence-electron chi connectivity index (χ2n) is 6.41. The van der Waals surface area contributed by atoms with Gasteiger partial charge in [-0.15, -0.1) is 0 Å². The summed E-state index contributed by atoms with van der Waals surface area (Å²) in [5.41, 5.74) is 1.63. The van der Waals surface area contributed by atoms with Crippen molar-refractivity contribution < 1.29 is 27.2 Å². The monoisotopic (exact) mass is 409 g/mol. The van der Waals surface area contributed by atoms with E-state index in [1.165, 1.54) is 29.6 Å². The van der Waals surface area contributed by atoms with E-state index in [1.54, 1.807) is 13.8 Å². The average Bonchev–Trinajstić information content (AvgIpc) is 3.00. The number of carbonyl (C=O) groups excluding carboxylic acids is 1. The highest BCUT2D eigenvalue weighted by Crippen LogP contribution is 2.29. The highest BCUT2D eigenvalue weighted by molar-refractivity contribution is 7.89. The van der Waals surface area contributed by atoms with Gasteiger partial charge in [-0.25, -0.2) is 8.42 Å². The van der Waals surface area contributed by atoms with Crippen molar-refractivity contribution in [2.24, 2.45) is 0 Å². The molecule has 0 saturated carbocycles. The van der Waals surface area contributed by atoms with Crippen LogP contribution in [0.3, 0.4) is 0 Å². The number of nitrogens with zero attached hydrogens (tertiary/aromatic N) is 2. The number of aromatic nitrogens is 1. The Balaban J connectivity index is 1.84. The van der Waals surface area contributed by atoms with Gasteiger partial charge in [-0.2, -0.15) is 4.31 Å². The Labute approximate surface area is 163 Å². The van der Waals surface area contributed by atoms with E-state index in [0.717, 1.165) is 0 Å². The van der Waals surface area contributed by atoms with E-state index in [0.29, 0.717) is 49.1 Å². The number of carbonyl (C=O) groups is 1. The number of sulfonamides is 1. The Bertz CT molecular complexity index is 944. The van der Waals surface area contributed by atoms with Gasteiger partial charge in [0.25, 0.3) is 0 Å². The van der Waals surface area contributed by atoms with E-state index in [-0.39, 0.29) is 22.9 Å². The van der Waals surface area contributed by atoms with Crippen molar-refractivity contribution in [1.29, 1.82) is 0 Å². The number of anilines is 1. The van der Waals surface area contributed by atoms with Gasteiger partial charge < -0.3 is 19.3 Å². The molecule has 10 heteroatoms. The molecular weight excluding hydrogens is 386 g/mol. The maximum atomic E-state index is 12.9. The van der Waals surface area contributed by atoms with Crippen molar-refractivity contribution in [1.82, 2.24) is 9.46 Å². The molecular formula is C18H23N3O6S. The van der Waals surface area contributed by atoms with E-state index >= 15 is 0 Å². The summed E-state index contributed by atoms with van der Waals surface area (Å²) in [4.78, 5) is 12.6. The SMILES string of the molecule is COc1ccc(S(=O)(=O)N2CCOCC2)cc1NC(=O)Cc1c(C)noc1C. The predicted molar refractivity (Wildman–Crippen MR) is 101 cm³/mol. The number of amides is 1. The number of hydrogen-bond donors (Lipinski definition) is 1. The lowest BCUT2D eigenvalue weighted by atomic mass is 10.1. The van der Waals surface area contributed by atoms with Crippen LogP contribution >= 0.6 is 0 Å². The second-order valence-corrected chi connectivity index (χ2v) is 8.34. The third-order valence-electron chi connectivity index (χ3n) is 4.57. The maximum Gasteiger partial charge on any atom is 0.243 e. The molecule has 3 rings (SSSR count). The molecule has 1 aliphatic rings. The molecule has 0 bridgehead atoms. The second kappa shape index (κ2) is 8.29. The van der Waals surface area contributed by atoms with Gasteiger partial charge in [0.1, 0.15) is 11.5 Å². The molecule has 2 heterocycles. The maximum absolute atomic E-state index is 12.9. The molecule has 0 unspecified atom stereocenters. The van der Waals surface area contributed by atoms with Gasteiger partial charge >= 0.3 is 0 Å². The number of methoxy groups -OCH3 is 1. The van der Waals surface area contributed by atoms with Crippen LogP contribution < -0.4 is 10.1 Å². The Morgan fingerprint density at radius 1 is 1.29 bits per heavy atom. The van der Waals surface area contributed by atoms with Crippen LogP contribution in [0.15, 0.2) is 27.6 Å². The fraction of sp³-hybridized carbons (Fsp3) is 0.444. The topological polar surface area (TPSA) is 111 Å². The third kappa shape index (κ3) is 4.18. The molecule has 9 nitrogen and oxygen atoms in total. The number of nitrogens with one attached hydrogen (secondary N) is 1. The Kier molecular flexibility index (Phi) is 6.01. The zero-order valence-corrected chi connectivity index (χ0v) is 16.8. The van der Waals surface area contributed by atoms with E-state index in [1.807, 2.05) is 0 Å². The molecule has 1 N–H and O–H groups in total. The molecule has 1 aromatic carbocycles. The van der Waals surface area contributed by atoms with Crippen LogP contribution in [-0.2, 0) is 26.0 Å². The number of morpholine rings is 1. The zero-order valence-electron chi connectivity index (χ0n) is 16.0. The summed E-state index contributed by atoms with van der Waals surface area (Å²) < 4.78 is 42.7. The zero-order chi connectivity index (χ0) is 20.3. The number of rotatable bonds is 6. The Morgan fingerprint density at radius 3 is 2.61 bits per heavy atom. The summed E-state index contributed by atoms with van der Waals surface area (Å²) in [7, 11) is -2.23. The summed E-state index contributed by atoms with van der Waals surface area (Å²) in [6.45, 7) is 4.80. The smallest absolute Gasteiger partial charge is 0.243 e. The third-order valence-corrected chi connectivity index (χ3v) is 6.47. The van der Waals surface area contributed by atoms with Gasteiger partial charge in [-0.3, -0.25) is 4.79 Å². The highest BCUT2D eigenvalue weighted by Gasteiger charge is 2.27. The van der Waals surface area contributed by atoms with Gasteiger partial charge in [0, 0.05) is 18.7 Å². The Hall–Kier alpha value is -2.43. The van der Waals surface area contributed by atoms with Crippen LogP contribution in [0.25, 0.3) is 0 Å². The molecule has 1 aromatic heterocycles. The van der Waals surface area contributed by atoms with E-state index < -0.39 is 10.0 Å². The minimum absolute atomic E-state index is 0.0603. The van der Waals surface area contributed by atoms with Gasteiger partial charge in [0.2, 0.25) is 15.9 Å². The highest BCUT2D eigenvalue weighted by atomic mass is 32.2. The first-order valence-corrected chi connectivity index (χ1v) is 10.2. The van der Waals surface area contributed by atoms with Crippen LogP contribution in [0.5, 0.6) is 5.75 Å². The standard InChI is InChI=1S/C18H23N3O6S/c1-12-15(13(2)27-20-12)11-18(22)19-16-10-14(4-5-17(16)25-3)28(23,24)21-6-8-26-9-7-21/h4-5,10H,6-9,11H2,1-3H3,(H,19,22). The summed E-state index contributed by atoms with van der Waals surface area (Å²) >= 11 is 0. The lowest BCUT2D eigenvalue weighted by Crippen LogP contribution is -2.40. The molecule has 0 atom stereocenters.